The molecule has 6 heteroatoms. The fourth-order valence-corrected chi connectivity index (χ4v) is 1.98. The van der Waals surface area contributed by atoms with Crippen LogP contribution in [0.4, 0.5) is 0 Å². The summed E-state index contributed by atoms with van der Waals surface area (Å²) in [7, 11) is -3.16. The summed E-state index contributed by atoms with van der Waals surface area (Å²) < 4.78 is 30.6. The Morgan fingerprint density at radius 1 is 1.44 bits per heavy atom. The first kappa shape index (κ1) is 13.5. The zero-order valence-corrected chi connectivity index (χ0v) is 11.5. The number of rotatable bonds is 5. The molecule has 0 aromatic heterocycles. The molecule has 0 saturated carbocycles. The molecule has 1 rings (SSSR count). The van der Waals surface area contributed by atoms with E-state index >= 15 is 0 Å². The van der Waals surface area contributed by atoms with E-state index in [4.69, 9.17) is 4.74 Å². The maximum Gasteiger partial charge on any atom is 0.208 e. The summed E-state index contributed by atoms with van der Waals surface area (Å²) in [6, 6.07) is 7.43. The number of hydrogen-bond donors (Lipinski definition) is 1. The fourth-order valence-electron chi connectivity index (χ4n) is 1.07. The van der Waals surface area contributed by atoms with Crippen LogP contribution in [0, 0.1) is 0 Å². The quantitative estimate of drug-likeness (QED) is 0.902. The minimum Gasteiger partial charge on any atom is -0.488 e. The van der Waals surface area contributed by atoms with Crippen molar-refractivity contribution in [2.45, 2.75) is 13.0 Å². The molecule has 4 nitrogen and oxygen atoms in total. The molecule has 1 atom stereocenters. The minimum atomic E-state index is -3.16. The molecule has 1 aromatic rings. The van der Waals surface area contributed by atoms with Crippen LogP contribution in [-0.2, 0) is 10.0 Å². The SMILES string of the molecule is CC(CNS(C)(=O)=O)Oc1ccccc1Br. The zero-order chi connectivity index (χ0) is 12.2. The van der Waals surface area contributed by atoms with Crippen LogP contribution in [0.1, 0.15) is 6.92 Å². The number of halogens is 1. The lowest BCUT2D eigenvalue weighted by Crippen LogP contribution is -2.32. The lowest BCUT2D eigenvalue weighted by molar-refractivity contribution is 0.223. The van der Waals surface area contributed by atoms with Gasteiger partial charge >= 0.3 is 0 Å². The van der Waals surface area contributed by atoms with E-state index in [2.05, 4.69) is 20.7 Å². The van der Waals surface area contributed by atoms with Crippen LogP contribution in [0.5, 0.6) is 5.75 Å². The van der Waals surface area contributed by atoms with Crippen molar-refractivity contribution in [3.8, 4) is 5.75 Å². The Bertz CT molecular complexity index is 447. The summed E-state index contributed by atoms with van der Waals surface area (Å²) in [6.45, 7) is 2.05. The molecule has 0 aliphatic carbocycles. The average Bonchev–Trinajstić information content (AvgIpc) is 2.18. The van der Waals surface area contributed by atoms with Crippen molar-refractivity contribution in [3.63, 3.8) is 0 Å². The molecular formula is C10H14BrNO3S. The Morgan fingerprint density at radius 2 is 2.06 bits per heavy atom. The summed E-state index contributed by atoms with van der Waals surface area (Å²) in [4.78, 5) is 0. The molecule has 0 aliphatic heterocycles. The van der Waals surface area contributed by atoms with E-state index in [0.29, 0.717) is 5.75 Å². The smallest absolute Gasteiger partial charge is 0.208 e. The number of para-hydroxylation sites is 1. The van der Waals surface area contributed by atoms with E-state index in [9.17, 15) is 8.42 Å². The van der Waals surface area contributed by atoms with Crippen LogP contribution < -0.4 is 9.46 Å². The number of sulfonamides is 1. The second kappa shape index (κ2) is 5.65. The number of hydrogen-bond acceptors (Lipinski definition) is 3. The van der Waals surface area contributed by atoms with Crippen LogP contribution in [0.25, 0.3) is 0 Å². The van der Waals surface area contributed by atoms with Crippen LogP contribution >= 0.6 is 15.9 Å². The first-order valence-corrected chi connectivity index (χ1v) is 7.43. The Kier molecular flexibility index (Phi) is 4.76. The maximum absolute atomic E-state index is 10.9. The Hall–Kier alpha value is -0.590. The lowest BCUT2D eigenvalue weighted by atomic mass is 10.3. The first-order valence-electron chi connectivity index (χ1n) is 4.74. The van der Waals surface area contributed by atoms with Gasteiger partial charge in [0.25, 0.3) is 0 Å². The molecular weight excluding hydrogens is 294 g/mol. The molecule has 0 amide bonds. The number of ether oxygens (including phenoxy) is 1. The van der Waals surface area contributed by atoms with Crippen molar-refractivity contribution in [2.75, 3.05) is 12.8 Å². The predicted octanol–water partition coefficient (Wildman–Crippen LogP) is 1.77. The van der Waals surface area contributed by atoms with Gasteiger partial charge in [-0.2, -0.15) is 0 Å². The standard InChI is InChI=1S/C10H14BrNO3S/c1-8(7-12-16(2,13)14)15-10-6-4-3-5-9(10)11/h3-6,8,12H,7H2,1-2H3. The van der Waals surface area contributed by atoms with Crippen LogP contribution in [-0.4, -0.2) is 27.3 Å². The van der Waals surface area contributed by atoms with Gasteiger partial charge in [0.2, 0.25) is 10.0 Å². The summed E-state index contributed by atoms with van der Waals surface area (Å²) in [5.41, 5.74) is 0. The molecule has 90 valence electrons. The van der Waals surface area contributed by atoms with E-state index in [1.807, 2.05) is 24.3 Å². The first-order chi connectivity index (χ1) is 7.38. The Morgan fingerprint density at radius 3 is 2.62 bits per heavy atom. The molecule has 0 aliphatic rings. The van der Waals surface area contributed by atoms with Crippen molar-refractivity contribution in [3.05, 3.63) is 28.7 Å². The highest BCUT2D eigenvalue weighted by molar-refractivity contribution is 9.10. The predicted molar refractivity (Wildman–Crippen MR) is 67.1 cm³/mol. The van der Waals surface area contributed by atoms with E-state index < -0.39 is 10.0 Å². The largest absolute Gasteiger partial charge is 0.488 e. The van der Waals surface area contributed by atoms with E-state index in [1.54, 1.807) is 6.92 Å². The fraction of sp³-hybridized carbons (Fsp3) is 0.400. The third kappa shape index (κ3) is 4.96. The van der Waals surface area contributed by atoms with E-state index in [1.165, 1.54) is 0 Å². The van der Waals surface area contributed by atoms with Crippen LogP contribution in [0.2, 0.25) is 0 Å². The summed E-state index contributed by atoms with van der Waals surface area (Å²) in [5, 5.41) is 0. The summed E-state index contributed by atoms with van der Waals surface area (Å²) in [5.74, 6) is 0.699. The third-order valence-electron chi connectivity index (χ3n) is 1.80. The maximum atomic E-state index is 10.9. The van der Waals surface area contributed by atoms with Gasteiger partial charge in [0.15, 0.2) is 0 Å². The molecule has 1 aromatic carbocycles. The van der Waals surface area contributed by atoms with Crippen molar-refractivity contribution >= 4 is 26.0 Å². The van der Waals surface area contributed by atoms with Crippen molar-refractivity contribution in [1.82, 2.24) is 4.72 Å². The highest BCUT2D eigenvalue weighted by atomic mass is 79.9. The van der Waals surface area contributed by atoms with Gasteiger partial charge in [-0.3, -0.25) is 0 Å². The van der Waals surface area contributed by atoms with Gasteiger partial charge in [0.1, 0.15) is 11.9 Å². The van der Waals surface area contributed by atoms with Crippen molar-refractivity contribution in [2.24, 2.45) is 0 Å². The number of benzene rings is 1. The van der Waals surface area contributed by atoms with E-state index in [-0.39, 0.29) is 12.6 Å². The molecule has 0 heterocycles. The van der Waals surface area contributed by atoms with Crippen molar-refractivity contribution in [1.29, 1.82) is 0 Å². The van der Waals surface area contributed by atoms with Gasteiger partial charge in [0.05, 0.1) is 10.7 Å². The van der Waals surface area contributed by atoms with Crippen molar-refractivity contribution < 1.29 is 13.2 Å². The van der Waals surface area contributed by atoms with Gasteiger partial charge in [-0.25, -0.2) is 13.1 Å². The van der Waals surface area contributed by atoms with Crippen LogP contribution in [0.3, 0.4) is 0 Å². The van der Waals surface area contributed by atoms with Gasteiger partial charge in [-0.05, 0) is 35.0 Å². The average molecular weight is 308 g/mol. The Balaban J connectivity index is 2.52. The van der Waals surface area contributed by atoms with Gasteiger partial charge in [-0.15, -0.1) is 0 Å². The Labute approximate surface area is 104 Å². The summed E-state index contributed by atoms with van der Waals surface area (Å²) >= 11 is 3.35. The molecule has 16 heavy (non-hydrogen) atoms. The van der Waals surface area contributed by atoms with E-state index in [0.717, 1.165) is 10.7 Å². The third-order valence-corrected chi connectivity index (χ3v) is 3.14. The molecule has 0 bridgehead atoms. The second-order valence-electron chi connectivity index (χ2n) is 3.48. The zero-order valence-electron chi connectivity index (χ0n) is 9.10. The molecule has 0 fully saturated rings. The van der Waals surface area contributed by atoms with Gasteiger partial charge in [0, 0.05) is 6.54 Å². The second-order valence-corrected chi connectivity index (χ2v) is 6.17. The lowest BCUT2D eigenvalue weighted by Gasteiger charge is -2.15. The minimum absolute atomic E-state index is 0.228. The monoisotopic (exact) mass is 307 g/mol. The molecule has 1 N–H and O–H groups in total. The highest BCUT2D eigenvalue weighted by Crippen LogP contribution is 2.24. The summed E-state index contributed by atoms with van der Waals surface area (Å²) in [6.07, 6.45) is 0.895. The highest BCUT2D eigenvalue weighted by Gasteiger charge is 2.09. The molecule has 0 saturated heterocycles. The molecule has 0 spiro atoms. The topological polar surface area (TPSA) is 55.4 Å². The van der Waals surface area contributed by atoms with Gasteiger partial charge < -0.3 is 4.74 Å². The molecule has 1 unspecified atom stereocenters. The normalized spacial score (nSPS) is 13.4. The van der Waals surface area contributed by atoms with Gasteiger partial charge in [-0.1, -0.05) is 12.1 Å². The molecule has 0 radical (unpaired) electrons. The van der Waals surface area contributed by atoms with Crippen LogP contribution in [0.15, 0.2) is 28.7 Å². The number of nitrogens with one attached hydrogen (secondary N) is 1.